The van der Waals surface area contributed by atoms with Gasteiger partial charge in [0.25, 0.3) is 0 Å². The Morgan fingerprint density at radius 2 is 2.05 bits per heavy atom. The molecule has 0 spiro atoms. The van der Waals surface area contributed by atoms with Gasteiger partial charge in [-0.05, 0) is 35.4 Å². The highest BCUT2D eigenvalue weighted by Crippen LogP contribution is 2.26. The van der Waals surface area contributed by atoms with Crippen LogP contribution in [0.3, 0.4) is 0 Å². The molecule has 1 heterocycles. The fourth-order valence-electron chi connectivity index (χ4n) is 2.56. The lowest BCUT2D eigenvalue weighted by atomic mass is 10.1. The van der Waals surface area contributed by atoms with E-state index >= 15 is 0 Å². The Bertz CT molecular complexity index is 615. The maximum atomic E-state index is 13.4. The third-order valence-corrected chi connectivity index (χ3v) is 3.94. The van der Waals surface area contributed by atoms with Gasteiger partial charge in [0.2, 0.25) is 0 Å². The van der Waals surface area contributed by atoms with E-state index in [1.54, 1.807) is 6.07 Å². The molecular weight excluding hydrogens is 275 g/mol. The van der Waals surface area contributed by atoms with Gasteiger partial charge < -0.3 is 10.2 Å². The summed E-state index contributed by atoms with van der Waals surface area (Å²) in [6, 6.07) is 12.8. The van der Waals surface area contributed by atoms with Crippen molar-refractivity contribution >= 4 is 17.3 Å². The topological polar surface area (TPSA) is 15.3 Å². The molecule has 0 bridgehead atoms. The predicted molar refractivity (Wildman–Crippen MR) is 80.6 cm³/mol. The molecule has 0 unspecified atom stereocenters. The highest BCUT2D eigenvalue weighted by Gasteiger charge is 2.16. The second-order valence-corrected chi connectivity index (χ2v) is 5.37. The molecule has 0 amide bonds. The summed E-state index contributed by atoms with van der Waals surface area (Å²) in [5.41, 5.74) is 3.28. The van der Waals surface area contributed by atoms with Crippen LogP contribution in [0.4, 0.5) is 10.1 Å². The summed E-state index contributed by atoms with van der Waals surface area (Å²) in [6.45, 7) is 3.27. The maximum Gasteiger partial charge on any atom is 0.123 e. The number of para-hydroxylation sites is 1. The van der Waals surface area contributed by atoms with Crippen molar-refractivity contribution in [3.05, 3.63) is 64.4 Å². The third-order valence-electron chi connectivity index (χ3n) is 3.58. The van der Waals surface area contributed by atoms with E-state index in [0.29, 0.717) is 11.6 Å². The van der Waals surface area contributed by atoms with Crippen LogP contribution in [-0.4, -0.2) is 13.1 Å². The monoisotopic (exact) mass is 290 g/mol. The van der Waals surface area contributed by atoms with Crippen molar-refractivity contribution in [1.29, 1.82) is 0 Å². The molecule has 3 rings (SSSR count). The van der Waals surface area contributed by atoms with Crippen LogP contribution in [0.5, 0.6) is 0 Å². The molecule has 0 fully saturated rings. The fraction of sp³-hybridized carbons (Fsp3) is 0.250. The summed E-state index contributed by atoms with van der Waals surface area (Å²) in [4.78, 5) is 2.25. The van der Waals surface area contributed by atoms with E-state index in [1.807, 2.05) is 12.1 Å². The quantitative estimate of drug-likeness (QED) is 0.909. The standard InChI is InChI=1S/C16H16ClFN2/c17-15-6-5-14(18)9-13(15)11-20-8-7-19-10-12-3-1-2-4-16(12)20/h1-6,9,19H,7-8,10-11H2. The van der Waals surface area contributed by atoms with E-state index < -0.39 is 0 Å². The smallest absolute Gasteiger partial charge is 0.123 e. The first-order chi connectivity index (χ1) is 9.74. The number of anilines is 1. The summed E-state index contributed by atoms with van der Waals surface area (Å²) in [5.74, 6) is -0.245. The van der Waals surface area contributed by atoms with E-state index in [-0.39, 0.29) is 5.82 Å². The maximum absolute atomic E-state index is 13.4. The van der Waals surface area contributed by atoms with Crippen LogP contribution in [0.1, 0.15) is 11.1 Å². The molecule has 2 aromatic rings. The third kappa shape index (κ3) is 2.79. The molecule has 1 N–H and O–H groups in total. The zero-order valence-electron chi connectivity index (χ0n) is 11.1. The molecular formula is C16H16ClFN2. The van der Waals surface area contributed by atoms with Crippen LogP contribution in [0.25, 0.3) is 0 Å². The molecule has 20 heavy (non-hydrogen) atoms. The minimum absolute atomic E-state index is 0.245. The Morgan fingerprint density at radius 1 is 1.20 bits per heavy atom. The second kappa shape index (κ2) is 5.81. The van der Waals surface area contributed by atoms with Gasteiger partial charge in [0.05, 0.1) is 0 Å². The Labute approximate surface area is 123 Å². The van der Waals surface area contributed by atoms with E-state index in [9.17, 15) is 4.39 Å². The number of halogens is 2. The van der Waals surface area contributed by atoms with Gasteiger partial charge in [-0.2, -0.15) is 0 Å². The normalized spacial score (nSPS) is 14.8. The SMILES string of the molecule is Fc1ccc(Cl)c(CN2CCNCc3ccccc32)c1. The molecule has 2 nitrogen and oxygen atoms in total. The lowest BCUT2D eigenvalue weighted by Crippen LogP contribution is -2.28. The number of rotatable bonds is 2. The summed E-state index contributed by atoms with van der Waals surface area (Å²) in [5, 5.41) is 4.01. The van der Waals surface area contributed by atoms with Gasteiger partial charge in [0, 0.05) is 36.9 Å². The minimum Gasteiger partial charge on any atom is -0.366 e. The van der Waals surface area contributed by atoms with Gasteiger partial charge in [-0.1, -0.05) is 29.8 Å². The van der Waals surface area contributed by atoms with Gasteiger partial charge in [-0.25, -0.2) is 4.39 Å². The van der Waals surface area contributed by atoms with Crippen LogP contribution in [0.2, 0.25) is 5.02 Å². The summed E-state index contributed by atoms with van der Waals surface area (Å²) >= 11 is 6.17. The van der Waals surface area contributed by atoms with Crippen LogP contribution in [-0.2, 0) is 13.1 Å². The van der Waals surface area contributed by atoms with E-state index in [1.165, 1.54) is 23.4 Å². The number of nitrogens with zero attached hydrogens (tertiary/aromatic N) is 1. The van der Waals surface area contributed by atoms with Crippen molar-refractivity contribution in [1.82, 2.24) is 5.32 Å². The molecule has 104 valence electrons. The first-order valence-electron chi connectivity index (χ1n) is 6.71. The van der Waals surface area contributed by atoms with E-state index in [4.69, 9.17) is 11.6 Å². The average molecular weight is 291 g/mol. The zero-order valence-corrected chi connectivity index (χ0v) is 11.8. The van der Waals surface area contributed by atoms with E-state index in [0.717, 1.165) is 25.2 Å². The molecule has 0 atom stereocenters. The van der Waals surface area contributed by atoms with Gasteiger partial charge in [-0.3, -0.25) is 0 Å². The van der Waals surface area contributed by atoms with Crippen LogP contribution in [0.15, 0.2) is 42.5 Å². The van der Waals surface area contributed by atoms with Crippen molar-refractivity contribution in [3.8, 4) is 0 Å². The largest absolute Gasteiger partial charge is 0.366 e. The molecule has 0 saturated carbocycles. The minimum atomic E-state index is -0.245. The molecule has 0 saturated heterocycles. The molecule has 0 aromatic heterocycles. The van der Waals surface area contributed by atoms with Crippen molar-refractivity contribution in [2.45, 2.75) is 13.1 Å². The molecule has 4 heteroatoms. The summed E-state index contributed by atoms with van der Waals surface area (Å²) < 4.78 is 13.4. The van der Waals surface area contributed by atoms with Crippen LogP contribution >= 0.6 is 11.6 Å². The van der Waals surface area contributed by atoms with E-state index in [2.05, 4.69) is 22.3 Å². The van der Waals surface area contributed by atoms with Crippen molar-refractivity contribution < 1.29 is 4.39 Å². The molecule has 1 aliphatic rings. The second-order valence-electron chi connectivity index (χ2n) is 4.96. The first kappa shape index (κ1) is 13.4. The lowest BCUT2D eigenvalue weighted by molar-refractivity contribution is 0.624. The van der Waals surface area contributed by atoms with Gasteiger partial charge in [0.1, 0.15) is 5.82 Å². The van der Waals surface area contributed by atoms with Crippen molar-refractivity contribution in [2.75, 3.05) is 18.0 Å². The predicted octanol–water partition coefficient (Wildman–Crippen LogP) is 3.59. The average Bonchev–Trinajstić information content (AvgIpc) is 2.66. The number of hydrogen-bond donors (Lipinski definition) is 1. The fourth-order valence-corrected chi connectivity index (χ4v) is 2.74. The lowest BCUT2D eigenvalue weighted by Gasteiger charge is -2.25. The van der Waals surface area contributed by atoms with Crippen molar-refractivity contribution in [3.63, 3.8) is 0 Å². The van der Waals surface area contributed by atoms with Gasteiger partial charge >= 0.3 is 0 Å². The molecule has 1 aliphatic heterocycles. The Kier molecular flexibility index (Phi) is 3.90. The Morgan fingerprint density at radius 3 is 2.95 bits per heavy atom. The summed E-state index contributed by atoms with van der Waals surface area (Å²) in [6.07, 6.45) is 0. The molecule has 0 aliphatic carbocycles. The summed E-state index contributed by atoms with van der Waals surface area (Å²) in [7, 11) is 0. The Balaban J connectivity index is 1.92. The van der Waals surface area contributed by atoms with Gasteiger partial charge in [0.15, 0.2) is 0 Å². The van der Waals surface area contributed by atoms with Crippen LogP contribution < -0.4 is 10.2 Å². The highest BCUT2D eigenvalue weighted by atomic mass is 35.5. The number of nitrogens with one attached hydrogen (secondary N) is 1. The molecule has 0 radical (unpaired) electrons. The van der Waals surface area contributed by atoms with Gasteiger partial charge in [-0.15, -0.1) is 0 Å². The highest BCUT2D eigenvalue weighted by molar-refractivity contribution is 6.31. The molecule has 2 aromatic carbocycles. The Hall–Kier alpha value is -1.58. The first-order valence-corrected chi connectivity index (χ1v) is 7.09. The zero-order chi connectivity index (χ0) is 13.9. The number of benzene rings is 2. The number of hydrogen-bond acceptors (Lipinski definition) is 2. The van der Waals surface area contributed by atoms with Crippen molar-refractivity contribution in [2.24, 2.45) is 0 Å². The van der Waals surface area contributed by atoms with Crippen LogP contribution in [0, 0.1) is 5.82 Å². The number of fused-ring (bicyclic) bond motifs is 1.